The Labute approximate surface area is 85.7 Å². The number of nitrogen functional groups attached to an aromatic ring is 1. The minimum Gasteiger partial charge on any atom is -0.384 e. The van der Waals surface area contributed by atoms with Crippen LogP contribution in [0.3, 0.4) is 0 Å². The van der Waals surface area contributed by atoms with E-state index in [9.17, 15) is 0 Å². The fourth-order valence-electron chi connectivity index (χ4n) is 1.23. The zero-order valence-electron chi connectivity index (χ0n) is 9.17. The van der Waals surface area contributed by atoms with Crippen LogP contribution < -0.4 is 11.1 Å². The Morgan fingerprint density at radius 3 is 2.71 bits per heavy atom. The summed E-state index contributed by atoms with van der Waals surface area (Å²) in [5, 5.41) is 3.43. The maximum Gasteiger partial charge on any atom is 0.123 e. The number of hydrogen-bond acceptors (Lipinski definition) is 3. The van der Waals surface area contributed by atoms with Gasteiger partial charge in [-0.25, -0.2) is 4.98 Å². The minimum atomic E-state index is 0.179. The van der Waals surface area contributed by atoms with Crippen molar-refractivity contribution in [3.8, 4) is 0 Å². The van der Waals surface area contributed by atoms with Crippen molar-refractivity contribution in [2.45, 2.75) is 32.7 Å². The van der Waals surface area contributed by atoms with Crippen LogP contribution in [-0.4, -0.2) is 17.1 Å². The molecule has 3 heteroatoms. The Kier molecular flexibility index (Phi) is 3.47. The van der Waals surface area contributed by atoms with E-state index >= 15 is 0 Å². The lowest BCUT2D eigenvalue weighted by Gasteiger charge is -2.20. The molecule has 0 fully saturated rings. The summed E-state index contributed by atoms with van der Waals surface area (Å²) in [5.41, 5.74) is 6.99. The lowest BCUT2D eigenvalue weighted by atomic mass is 10.1. The van der Waals surface area contributed by atoms with Crippen LogP contribution in [0.5, 0.6) is 0 Å². The van der Waals surface area contributed by atoms with Gasteiger partial charge in [-0.3, -0.25) is 0 Å². The summed E-state index contributed by atoms with van der Waals surface area (Å²) in [4.78, 5) is 3.95. The summed E-state index contributed by atoms with van der Waals surface area (Å²) < 4.78 is 0. The van der Waals surface area contributed by atoms with Gasteiger partial charge >= 0.3 is 0 Å². The van der Waals surface area contributed by atoms with Gasteiger partial charge in [0, 0.05) is 11.7 Å². The molecule has 0 bridgehead atoms. The number of hydrogen-bond donors (Lipinski definition) is 2. The molecule has 0 aliphatic heterocycles. The monoisotopic (exact) mass is 193 g/mol. The highest BCUT2D eigenvalue weighted by atomic mass is 14.9. The van der Waals surface area contributed by atoms with Crippen molar-refractivity contribution in [2.75, 3.05) is 12.3 Å². The fourth-order valence-corrected chi connectivity index (χ4v) is 1.23. The van der Waals surface area contributed by atoms with Crippen LogP contribution in [0, 0.1) is 0 Å². The molecule has 0 spiro atoms. The molecule has 0 aromatic carbocycles. The number of pyridine rings is 1. The van der Waals surface area contributed by atoms with Gasteiger partial charge in [-0.2, -0.15) is 0 Å². The third kappa shape index (κ3) is 4.23. The Balaban J connectivity index is 2.39. The van der Waals surface area contributed by atoms with Gasteiger partial charge in [0.15, 0.2) is 0 Å². The van der Waals surface area contributed by atoms with Crippen LogP contribution in [-0.2, 0) is 6.42 Å². The predicted octanol–water partition coefficient (Wildman–Crippen LogP) is 1.59. The molecule has 0 atom stereocenters. The van der Waals surface area contributed by atoms with E-state index in [0.29, 0.717) is 5.82 Å². The van der Waals surface area contributed by atoms with Crippen molar-refractivity contribution >= 4 is 5.82 Å². The molecule has 3 nitrogen and oxygen atoms in total. The van der Waals surface area contributed by atoms with E-state index in [1.807, 2.05) is 12.1 Å². The van der Waals surface area contributed by atoms with Crippen molar-refractivity contribution < 1.29 is 0 Å². The van der Waals surface area contributed by atoms with E-state index in [-0.39, 0.29) is 5.54 Å². The van der Waals surface area contributed by atoms with Crippen molar-refractivity contribution in [3.05, 3.63) is 23.9 Å². The lowest BCUT2D eigenvalue weighted by Crippen LogP contribution is -2.37. The second-order valence-electron chi connectivity index (χ2n) is 4.52. The van der Waals surface area contributed by atoms with Gasteiger partial charge in [-0.15, -0.1) is 0 Å². The molecule has 0 radical (unpaired) electrons. The summed E-state index contributed by atoms with van der Waals surface area (Å²) in [6, 6.07) is 3.92. The molecule has 1 rings (SSSR count). The normalized spacial score (nSPS) is 11.6. The number of nitrogens with two attached hydrogens (primary N) is 1. The fraction of sp³-hybridized carbons (Fsp3) is 0.545. The van der Waals surface area contributed by atoms with Crippen LogP contribution in [0.2, 0.25) is 0 Å². The van der Waals surface area contributed by atoms with Gasteiger partial charge in [0.1, 0.15) is 5.82 Å². The van der Waals surface area contributed by atoms with E-state index in [1.165, 1.54) is 5.56 Å². The van der Waals surface area contributed by atoms with Crippen molar-refractivity contribution in [2.24, 2.45) is 0 Å². The van der Waals surface area contributed by atoms with Gasteiger partial charge < -0.3 is 11.1 Å². The summed E-state index contributed by atoms with van der Waals surface area (Å²) in [6.07, 6.45) is 2.74. The van der Waals surface area contributed by atoms with E-state index in [1.54, 1.807) is 6.20 Å². The maximum absolute atomic E-state index is 5.58. The summed E-state index contributed by atoms with van der Waals surface area (Å²) in [5.74, 6) is 0.596. The van der Waals surface area contributed by atoms with E-state index < -0.39 is 0 Å². The molecule has 1 aromatic heterocycles. The zero-order chi connectivity index (χ0) is 10.6. The molecular formula is C11H19N3. The number of aromatic nitrogens is 1. The van der Waals surface area contributed by atoms with Crippen LogP contribution >= 0.6 is 0 Å². The van der Waals surface area contributed by atoms with Crippen molar-refractivity contribution in [3.63, 3.8) is 0 Å². The van der Waals surface area contributed by atoms with Crippen LogP contribution in [0.4, 0.5) is 5.82 Å². The van der Waals surface area contributed by atoms with Gasteiger partial charge in [0.25, 0.3) is 0 Å². The Morgan fingerprint density at radius 2 is 2.14 bits per heavy atom. The van der Waals surface area contributed by atoms with E-state index in [0.717, 1.165) is 13.0 Å². The second kappa shape index (κ2) is 4.42. The first-order valence-electron chi connectivity index (χ1n) is 4.93. The first-order chi connectivity index (χ1) is 6.47. The topological polar surface area (TPSA) is 50.9 Å². The molecular weight excluding hydrogens is 174 g/mol. The van der Waals surface area contributed by atoms with Gasteiger partial charge in [0.2, 0.25) is 0 Å². The van der Waals surface area contributed by atoms with Crippen LogP contribution in [0.1, 0.15) is 26.3 Å². The van der Waals surface area contributed by atoms with Crippen LogP contribution in [0.15, 0.2) is 18.3 Å². The predicted molar refractivity (Wildman–Crippen MR) is 60.1 cm³/mol. The highest BCUT2D eigenvalue weighted by Crippen LogP contribution is 2.04. The average Bonchev–Trinajstić information content (AvgIpc) is 2.01. The Morgan fingerprint density at radius 1 is 1.43 bits per heavy atom. The van der Waals surface area contributed by atoms with Gasteiger partial charge in [-0.05, 0) is 51.4 Å². The van der Waals surface area contributed by atoms with Crippen LogP contribution in [0.25, 0.3) is 0 Å². The third-order valence-corrected chi connectivity index (χ3v) is 1.91. The molecule has 3 N–H and O–H groups in total. The standard InChI is InChI=1S/C11H19N3/c1-11(2,3)14-7-5-9-4-6-13-10(12)8-9/h4,6,8,14H,5,7H2,1-3H3,(H2,12,13). The molecule has 0 saturated carbocycles. The third-order valence-electron chi connectivity index (χ3n) is 1.91. The quantitative estimate of drug-likeness (QED) is 0.766. The molecule has 1 heterocycles. The SMILES string of the molecule is CC(C)(C)NCCc1ccnc(N)c1. The zero-order valence-corrected chi connectivity index (χ0v) is 9.17. The molecule has 0 amide bonds. The van der Waals surface area contributed by atoms with E-state index in [4.69, 9.17) is 5.73 Å². The number of nitrogens with zero attached hydrogens (tertiary/aromatic N) is 1. The molecule has 0 saturated heterocycles. The van der Waals surface area contributed by atoms with E-state index in [2.05, 4.69) is 31.1 Å². The number of rotatable bonds is 3. The summed E-state index contributed by atoms with van der Waals surface area (Å²) >= 11 is 0. The van der Waals surface area contributed by atoms with Gasteiger partial charge in [0.05, 0.1) is 0 Å². The molecule has 1 aromatic rings. The van der Waals surface area contributed by atoms with Crippen molar-refractivity contribution in [1.29, 1.82) is 0 Å². The summed E-state index contributed by atoms with van der Waals surface area (Å²) in [7, 11) is 0. The van der Waals surface area contributed by atoms with Gasteiger partial charge in [-0.1, -0.05) is 0 Å². The first kappa shape index (κ1) is 11.0. The number of anilines is 1. The largest absolute Gasteiger partial charge is 0.384 e. The smallest absolute Gasteiger partial charge is 0.123 e. The molecule has 14 heavy (non-hydrogen) atoms. The minimum absolute atomic E-state index is 0.179. The lowest BCUT2D eigenvalue weighted by molar-refractivity contribution is 0.429. The summed E-state index contributed by atoms with van der Waals surface area (Å²) in [6.45, 7) is 7.45. The first-order valence-corrected chi connectivity index (χ1v) is 4.93. The molecule has 0 aliphatic carbocycles. The van der Waals surface area contributed by atoms with Crippen molar-refractivity contribution in [1.82, 2.24) is 10.3 Å². The molecule has 0 unspecified atom stereocenters. The highest BCUT2D eigenvalue weighted by Gasteiger charge is 2.07. The molecule has 78 valence electrons. The Hall–Kier alpha value is -1.09. The number of nitrogens with one attached hydrogen (secondary N) is 1. The Bertz CT molecular complexity index is 289. The maximum atomic E-state index is 5.58. The molecule has 0 aliphatic rings. The average molecular weight is 193 g/mol. The highest BCUT2D eigenvalue weighted by molar-refractivity contribution is 5.31. The second-order valence-corrected chi connectivity index (χ2v) is 4.52.